The number of rotatable bonds is 3. The minimum Gasteiger partial charge on any atom is -0.314 e. The first-order chi connectivity index (χ1) is 10.4. The lowest BCUT2D eigenvalue weighted by atomic mass is 9.77. The van der Waals surface area contributed by atoms with Crippen molar-refractivity contribution in [1.82, 2.24) is 0 Å². The highest BCUT2D eigenvalue weighted by atomic mass is 16.2. The zero-order chi connectivity index (χ0) is 15.9. The highest BCUT2D eigenvalue weighted by molar-refractivity contribution is 6.09. The summed E-state index contributed by atoms with van der Waals surface area (Å²) in [7, 11) is 1.86. The number of anilines is 1. The fraction of sp³-hybridized carbons (Fsp3) is 0.350. The number of carbonyl (C=O) groups excluding carboxylic acids is 1. The molecule has 1 heterocycles. The van der Waals surface area contributed by atoms with Crippen molar-refractivity contribution in [2.24, 2.45) is 5.92 Å². The van der Waals surface area contributed by atoms with E-state index in [-0.39, 0.29) is 5.91 Å². The summed E-state index contributed by atoms with van der Waals surface area (Å²) in [5.74, 6) is 0.784. The standard InChI is InChI=1S/C20H23NO/c1-14(2)13-15-9-11-16(12-10-15)20(3)17-7-5-6-8-18(17)21(4)19(20)22/h5-12,14H,13H2,1-4H3/t20-/m0/s1. The van der Waals surface area contributed by atoms with Crippen LogP contribution in [0.4, 0.5) is 5.69 Å². The van der Waals surface area contributed by atoms with Gasteiger partial charge in [0.05, 0.1) is 5.41 Å². The molecule has 2 heteroatoms. The number of nitrogens with zero attached hydrogens (tertiary/aromatic N) is 1. The van der Waals surface area contributed by atoms with Gasteiger partial charge in [0.15, 0.2) is 0 Å². The first-order valence-electron chi connectivity index (χ1n) is 7.91. The minimum atomic E-state index is -0.582. The molecule has 114 valence electrons. The quantitative estimate of drug-likeness (QED) is 0.832. The van der Waals surface area contributed by atoms with Crippen LogP contribution in [0.15, 0.2) is 48.5 Å². The lowest BCUT2D eigenvalue weighted by molar-refractivity contribution is -0.121. The molecule has 2 nitrogen and oxygen atoms in total. The monoisotopic (exact) mass is 293 g/mol. The van der Waals surface area contributed by atoms with Gasteiger partial charge in [-0.25, -0.2) is 0 Å². The molecule has 0 spiro atoms. The van der Waals surface area contributed by atoms with Crippen LogP contribution in [0.5, 0.6) is 0 Å². The summed E-state index contributed by atoms with van der Waals surface area (Å²) < 4.78 is 0. The normalized spacial score (nSPS) is 20.6. The van der Waals surface area contributed by atoms with Crippen LogP contribution in [-0.2, 0) is 16.6 Å². The molecule has 0 bridgehead atoms. The average molecular weight is 293 g/mol. The molecule has 0 saturated heterocycles. The van der Waals surface area contributed by atoms with Gasteiger partial charge in [-0.1, -0.05) is 56.3 Å². The van der Waals surface area contributed by atoms with Gasteiger partial charge in [-0.15, -0.1) is 0 Å². The van der Waals surface area contributed by atoms with Crippen molar-refractivity contribution < 1.29 is 4.79 Å². The molecule has 1 aliphatic rings. The highest BCUT2D eigenvalue weighted by Gasteiger charge is 2.46. The molecule has 0 N–H and O–H groups in total. The van der Waals surface area contributed by atoms with Gasteiger partial charge in [0.1, 0.15) is 0 Å². The van der Waals surface area contributed by atoms with Crippen molar-refractivity contribution in [1.29, 1.82) is 0 Å². The third kappa shape index (κ3) is 2.14. The Hall–Kier alpha value is -2.09. The number of carbonyl (C=O) groups is 1. The molecule has 0 unspecified atom stereocenters. The summed E-state index contributed by atoms with van der Waals surface area (Å²) in [6.45, 7) is 6.48. The number of amides is 1. The maximum Gasteiger partial charge on any atom is 0.241 e. The largest absolute Gasteiger partial charge is 0.314 e. The van der Waals surface area contributed by atoms with Crippen LogP contribution in [0.25, 0.3) is 0 Å². The lowest BCUT2D eigenvalue weighted by Crippen LogP contribution is -2.37. The highest BCUT2D eigenvalue weighted by Crippen LogP contribution is 2.45. The second-order valence-electron chi connectivity index (χ2n) is 6.80. The fourth-order valence-electron chi connectivity index (χ4n) is 3.47. The van der Waals surface area contributed by atoms with E-state index in [1.165, 1.54) is 5.56 Å². The molecule has 2 aromatic carbocycles. The van der Waals surface area contributed by atoms with Crippen molar-refractivity contribution >= 4 is 11.6 Å². The van der Waals surface area contributed by atoms with Gasteiger partial charge >= 0.3 is 0 Å². The number of hydrogen-bond acceptors (Lipinski definition) is 1. The average Bonchev–Trinajstić information content (AvgIpc) is 2.71. The van der Waals surface area contributed by atoms with E-state index in [1.807, 2.05) is 32.2 Å². The van der Waals surface area contributed by atoms with E-state index in [0.29, 0.717) is 5.92 Å². The van der Waals surface area contributed by atoms with Crippen molar-refractivity contribution in [2.75, 3.05) is 11.9 Å². The number of fused-ring (bicyclic) bond motifs is 1. The molecular formula is C20H23NO. The number of hydrogen-bond donors (Lipinski definition) is 0. The van der Waals surface area contributed by atoms with E-state index in [2.05, 4.69) is 44.2 Å². The Morgan fingerprint density at radius 1 is 1.05 bits per heavy atom. The van der Waals surface area contributed by atoms with Gasteiger partial charge in [0.2, 0.25) is 5.91 Å². The maximum atomic E-state index is 12.9. The van der Waals surface area contributed by atoms with Gasteiger partial charge in [-0.05, 0) is 42.0 Å². The molecule has 0 radical (unpaired) electrons. The molecular weight excluding hydrogens is 270 g/mol. The Morgan fingerprint density at radius 3 is 2.32 bits per heavy atom. The van der Waals surface area contributed by atoms with Crippen molar-refractivity contribution in [3.05, 3.63) is 65.2 Å². The van der Waals surface area contributed by atoms with Gasteiger partial charge in [0, 0.05) is 12.7 Å². The summed E-state index contributed by atoms with van der Waals surface area (Å²) in [6, 6.07) is 16.6. The van der Waals surface area contributed by atoms with Gasteiger partial charge in [-0.3, -0.25) is 4.79 Å². The molecule has 22 heavy (non-hydrogen) atoms. The van der Waals surface area contributed by atoms with Crippen LogP contribution < -0.4 is 4.90 Å². The van der Waals surface area contributed by atoms with Crippen LogP contribution in [0.3, 0.4) is 0 Å². The van der Waals surface area contributed by atoms with Gasteiger partial charge in [0.25, 0.3) is 0 Å². The predicted octanol–water partition coefficient (Wildman–Crippen LogP) is 4.17. The van der Waals surface area contributed by atoms with Crippen LogP contribution in [-0.4, -0.2) is 13.0 Å². The zero-order valence-electron chi connectivity index (χ0n) is 13.8. The molecule has 1 amide bonds. The van der Waals surface area contributed by atoms with Gasteiger partial charge in [-0.2, -0.15) is 0 Å². The van der Waals surface area contributed by atoms with Crippen molar-refractivity contribution in [3.63, 3.8) is 0 Å². The molecule has 0 aromatic heterocycles. The molecule has 0 fully saturated rings. The number of likely N-dealkylation sites (N-methyl/N-ethyl adjacent to an activating group) is 1. The summed E-state index contributed by atoms with van der Waals surface area (Å²) in [5.41, 5.74) is 3.93. The molecule has 3 rings (SSSR count). The minimum absolute atomic E-state index is 0.144. The Morgan fingerprint density at radius 2 is 1.68 bits per heavy atom. The second-order valence-corrected chi connectivity index (χ2v) is 6.80. The van der Waals surface area contributed by atoms with Crippen LogP contribution in [0.1, 0.15) is 37.5 Å². The first-order valence-corrected chi connectivity index (χ1v) is 7.91. The van der Waals surface area contributed by atoms with E-state index in [9.17, 15) is 4.79 Å². The Balaban J connectivity index is 2.05. The van der Waals surface area contributed by atoms with E-state index in [4.69, 9.17) is 0 Å². The fourth-order valence-corrected chi connectivity index (χ4v) is 3.47. The number of benzene rings is 2. The Bertz CT molecular complexity index is 702. The van der Waals surface area contributed by atoms with E-state index < -0.39 is 5.41 Å². The molecule has 0 saturated carbocycles. The summed E-state index contributed by atoms with van der Waals surface area (Å²) in [6.07, 6.45) is 1.07. The smallest absolute Gasteiger partial charge is 0.241 e. The third-order valence-corrected chi connectivity index (χ3v) is 4.71. The van der Waals surface area contributed by atoms with Crippen molar-refractivity contribution in [2.45, 2.75) is 32.6 Å². The maximum absolute atomic E-state index is 12.9. The topological polar surface area (TPSA) is 20.3 Å². The summed E-state index contributed by atoms with van der Waals surface area (Å²) in [5, 5.41) is 0. The molecule has 1 aliphatic heterocycles. The molecule has 0 aliphatic carbocycles. The third-order valence-electron chi connectivity index (χ3n) is 4.71. The molecule has 1 atom stereocenters. The zero-order valence-corrected chi connectivity index (χ0v) is 13.8. The SMILES string of the molecule is CC(C)Cc1ccc([C@]2(C)C(=O)N(C)c3ccccc32)cc1. The second kappa shape index (κ2) is 5.28. The van der Waals surface area contributed by atoms with E-state index >= 15 is 0 Å². The first kappa shape index (κ1) is 14.8. The Kier molecular flexibility index (Phi) is 3.56. The number of para-hydroxylation sites is 1. The van der Waals surface area contributed by atoms with Crippen LogP contribution in [0.2, 0.25) is 0 Å². The predicted molar refractivity (Wildman–Crippen MR) is 91.3 cm³/mol. The van der Waals surface area contributed by atoms with Gasteiger partial charge < -0.3 is 4.90 Å². The van der Waals surface area contributed by atoms with Crippen molar-refractivity contribution in [3.8, 4) is 0 Å². The summed E-state index contributed by atoms with van der Waals surface area (Å²) >= 11 is 0. The lowest BCUT2D eigenvalue weighted by Gasteiger charge is -2.24. The van der Waals surface area contributed by atoms with E-state index in [0.717, 1.165) is 23.2 Å². The van der Waals surface area contributed by atoms with E-state index in [1.54, 1.807) is 4.90 Å². The summed E-state index contributed by atoms with van der Waals surface area (Å²) in [4.78, 5) is 14.6. The Labute approximate surface area is 132 Å². The molecule has 2 aromatic rings. The van der Waals surface area contributed by atoms with Crippen LogP contribution in [0, 0.1) is 5.92 Å². The van der Waals surface area contributed by atoms with Crippen LogP contribution >= 0.6 is 0 Å².